The van der Waals surface area contributed by atoms with Crippen molar-refractivity contribution < 1.29 is 0 Å². The van der Waals surface area contributed by atoms with Gasteiger partial charge in [-0.1, -0.05) is 62.1 Å². The normalized spacial score (nSPS) is 20.9. The van der Waals surface area contributed by atoms with Gasteiger partial charge in [-0.2, -0.15) is 0 Å². The molecule has 0 spiro atoms. The highest BCUT2D eigenvalue weighted by Gasteiger charge is 2.51. The molecule has 1 heteroatoms. The molecule has 0 amide bonds. The standard InChI is InChI=1S/C22H28P/c1-23(18-12-6-4-2-3-5-7-13-18)21-16-10-8-14-19(21)20-15-9-11-17-22(20)23/h8-11,14-18H,2-7,12-13H2,1H3/q+1. The Morgan fingerprint density at radius 3 is 1.61 bits per heavy atom. The van der Waals surface area contributed by atoms with Gasteiger partial charge in [-0.25, -0.2) is 0 Å². The third-order valence-corrected chi connectivity index (χ3v) is 10.9. The zero-order valence-corrected chi connectivity index (χ0v) is 15.2. The Morgan fingerprint density at radius 1 is 0.652 bits per heavy atom. The second kappa shape index (κ2) is 6.40. The molecule has 1 fully saturated rings. The fraction of sp³-hybridized carbons (Fsp3) is 0.455. The Balaban J connectivity index is 1.81. The summed E-state index contributed by atoms with van der Waals surface area (Å²) in [7, 11) is -1.24. The summed E-state index contributed by atoms with van der Waals surface area (Å²) >= 11 is 0. The molecule has 1 heterocycles. The topological polar surface area (TPSA) is 0 Å². The fourth-order valence-corrected chi connectivity index (χ4v) is 9.49. The first kappa shape index (κ1) is 15.4. The summed E-state index contributed by atoms with van der Waals surface area (Å²) in [6, 6.07) is 18.5. The van der Waals surface area contributed by atoms with Gasteiger partial charge in [0.2, 0.25) is 0 Å². The summed E-state index contributed by atoms with van der Waals surface area (Å²) in [4.78, 5) is 0. The largest absolute Gasteiger partial charge is 0.107 e. The van der Waals surface area contributed by atoms with E-state index < -0.39 is 7.26 Å². The summed E-state index contributed by atoms with van der Waals surface area (Å²) in [5, 5.41) is 3.37. The van der Waals surface area contributed by atoms with Crippen LogP contribution in [0.4, 0.5) is 0 Å². The van der Waals surface area contributed by atoms with E-state index in [0.29, 0.717) is 0 Å². The van der Waals surface area contributed by atoms with Crippen molar-refractivity contribution in [3.63, 3.8) is 0 Å². The maximum Gasteiger partial charge on any atom is 0.107 e. The lowest BCUT2D eigenvalue weighted by Crippen LogP contribution is -2.27. The molecule has 2 aromatic carbocycles. The van der Waals surface area contributed by atoms with Crippen molar-refractivity contribution in [3.8, 4) is 11.1 Å². The van der Waals surface area contributed by atoms with Gasteiger partial charge in [0, 0.05) is 11.1 Å². The maximum atomic E-state index is 2.64. The monoisotopic (exact) mass is 323 g/mol. The molecule has 1 saturated carbocycles. The molecular weight excluding hydrogens is 295 g/mol. The van der Waals surface area contributed by atoms with Gasteiger partial charge in [-0.3, -0.25) is 0 Å². The van der Waals surface area contributed by atoms with Crippen molar-refractivity contribution in [3.05, 3.63) is 48.5 Å². The second-order valence-corrected chi connectivity index (χ2v) is 11.3. The van der Waals surface area contributed by atoms with Crippen LogP contribution in [0, 0.1) is 0 Å². The van der Waals surface area contributed by atoms with Crippen LogP contribution in [0.3, 0.4) is 0 Å². The first-order valence-electron chi connectivity index (χ1n) is 9.37. The number of benzene rings is 2. The van der Waals surface area contributed by atoms with E-state index >= 15 is 0 Å². The molecule has 2 aromatic rings. The molecule has 1 aliphatic heterocycles. The third kappa shape index (κ3) is 2.56. The number of hydrogen-bond acceptors (Lipinski definition) is 0. The van der Waals surface area contributed by atoms with E-state index in [1.807, 2.05) is 0 Å². The van der Waals surface area contributed by atoms with Crippen molar-refractivity contribution in [2.24, 2.45) is 0 Å². The SMILES string of the molecule is C[P+]1(C2CCCCCCCC2)c2ccccc2-c2ccccc21. The Bertz CT molecular complexity index is 632. The van der Waals surface area contributed by atoms with E-state index in [2.05, 4.69) is 55.2 Å². The molecule has 120 valence electrons. The van der Waals surface area contributed by atoms with Gasteiger partial charge in [0.15, 0.2) is 0 Å². The van der Waals surface area contributed by atoms with Crippen molar-refractivity contribution in [1.82, 2.24) is 0 Å². The van der Waals surface area contributed by atoms with Crippen molar-refractivity contribution >= 4 is 17.9 Å². The zero-order chi connectivity index (χ0) is 15.7. The van der Waals surface area contributed by atoms with Gasteiger partial charge in [0.05, 0.1) is 19.6 Å². The van der Waals surface area contributed by atoms with E-state index in [1.54, 1.807) is 10.6 Å². The van der Waals surface area contributed by atoms with Gasteiger partial charge in [0.1, 0.15) is 10.6 Å². The smallest absolute Gasteiger partial charge is 0.0614 e. The number of hydrogen-bond donors (Lipinski definition) is 0. The molecule has 0 unspecified atom stereocenters. The van der Waals surface area contributed by atoms with Gasteiger partial charge >= 0.3 is 0 Å². The average molecular weight is 323 g/mol. The third-order valence-electron chi connectivity index (χ3n) is 6.15. The highest BCUT2D eigenvalue weighted by molar-refractivity contribution is 7.90. The van der Waals surface area contributed by atoms with Crippen LogP contribution in [0.5, 0.6) is 0 Å². The van der Waals surface area contributed by atoms with Crippen LogP contribution in [0.1, 0.15) is 51.4 Å². The van der Waals surface area contributed by atoms with Gasteiger partial charge in [-0.15, -0.1) is 0 Å². The molecule has 0 bridgehead atoms. The molecule has 1 aliphatic carbocycles. The molecule has 0 radical (unpaired) electrons. The molecule has 2 aliphatic rings. The molecule has 0 aromatic heterocycles. The second-order valence-electron chi connectivity index (χ2n) is 7.46. The minimum absolute atomic E-state index is 0.894. The number of fused-ring (bicyclic) bond motifs is 3. The lowest BCUT2D eigenvalue weighted by molar-refractivity contribution is 0.624. The van der Waals surface area contributed by atoms with E-state index in [4.69, 9.17) is 0 Å². The molecule has 0 nitrogen and oxygen atoms in total. The van der Waals surface area contributed by atoms with E-state index in [0.717, 1.165) is 5.66 Å². The van der Waals surface area contributed by atoms with Crippen LogP contribution < -0.4 is 10.6 Å². The fourth-order valence-electron chi connectivity index (χ4n) is 4.86. The Hall–Kier alpha value is -1.13. The zero-order valence-electron chi connectivity index (χ0n) is 14.3. The lowest BCUT2D eigenvalue weighted by Gasteiger charge is -2.29. The van der Waals surface area contributed by atoms with Crippen LogP contribution in [0.25, 0.3) is 11.1 Å². The summed E-state index contributed by atoms with van der Waals surface area (Å²) in [6.45, 7) is 2.64. The lowest BCUT2D eigenvalue weighted by atomic mass is 10.1. The molecular formula is C22H28P+. The van der Waals surface area contributed by atoms with Crippen molar-refractivity contribution in [2.75, 3.05) is 6.66 Å². The van der Waals surface area contributed by atoms with Gasteiger partial charge < -0.3 is 0 Å². The van der Waals surface area contributed by atoms with Crippen LogP contribution in [-0.4, -0.2) is 12.3 Å². The molecule has 0 N–H and O–H groups in total. The molecule has 0 saturated heterocycles. The summed E-state index contributed by atoms with van der Waals surface area (Å²) < 4.78 is 0. The Morgan fingerprint density at radius 2 is 1.09 bits per heavy atom. The summed E-state index contributed by atoms with van der Waals surface area (Å²) in [5.74, 6) is 0. The highest BCUT2D eigenvalue weighted by Crippen LogP contribution is 2.66. The maximum absolute atomic E-state index is 2.64. The molecule has 23 heavy (non-hydrogen) atoms. The molecule has 4 rings (SSSR count). The Kier molecular flexibility index (Phi) is 4.29. The first-order valence-corrected chi connectivity index (χ1v) is 11.7. The predicted molar refractivity (Wildman–Crippen MR) is 105 cm³/mol. The average Bonchev–Trinajstić information content (AvgIpc) is 2.94. The van der Waals surface area contributed by atoms with E-state index in [9.17, 15) is 0 Å². The summed E-state index contributed by atoms with van der Waals surface area (Å²) in [5.41, 5.74) is 3.95. The van der Waals surface area contributed by atoms with Gasteiger partial charge in [-0.05, 0) is 37.8 Å². The molecule has 0 atom stereocenters. The number of rotatable bonds is 1. The predicted octanol–water partition coefficient (Wildman–Crippen LogP) is 5.77. The van der Waals surface area contributed by atoms with Crippen LogP contribution in [0.2, 0.25) is 0 Å². The van der Waals surface area contributed by atoms with E-state index in [-0.39, 0.29) is 0 Å². The minimum Gasteiger partial charge on any atom is -0.0614 e. The summed E-state index contributed by atoms with van der Waals surface area (Å²) in [6.07, 6.45) is 11.5. The Labute approximate surface area is 141 Å². The van der Waals surface area contributed by atoms with Crippen LogP contribution >= 0.6 is 7.26 Å². The minimum atomic E-state index is -1.24. The van der Waals surface area contributed by atoms with E-state index in [1.165, 1.54) is 62.5 Å². The van der Waals surface area contributed by atoms with Gasteiger partial charge in [0.25, 0.3) is 0 Å². The van der Waals surface area contributed by atoms with Crippen molar-refractivity contribution in [1.29, 1.82) is 0 Å². The quantitative estimate of drug-likeness (QED) is 0.585. The van der Waals surface area contributed by atoms with Crippen LogP contribution in [-0.2, 0) is 0 Å². The highest BCUT2D eigenvalue weighted by atomic mass is 31.2. The van der Waals surface area contributed by atoms with Crippen LogP contribution in [0.15, 0.2) is 48.5 Å². The first-order chi connectivity index (χ1) is 11.3. The van der Waals surface area contributed by atoms with Crippen molar-refractivity contribution in [2.45, 2.75) is 57.0 Å².